The number of carboxylic acids is 1. The topological polar surface area (TPSA) is 157 Å². The number of anilines is 2. The van der Waals surface area contributed by atoms with Crippen molar-refractivity contribution in [1.82, 2.24) is 20.9 Å². The van der Waals surface area contributed by atoms with Gasteiger partial charge in [0.05, 0.1) is 11.6 Å². The van der Waals surface area contributed by atoms with E-state index in [1.54, 1.807) is 49.1 Å². The number of aliphatic carboxylic acids is 1. The number of nitrogens with zero attached hydrogens (tertiary/aromatic N) is 2. The molecule has 3 aliphatic rings. The van der Waals surface area contributed by atoms with E-state index in [1.807, 2.05) is 12.1 Å². The van der Waals surface area contributed by atoms with Crippen molar-refractivity contribution in [3.63, 3.8) is 0 Å². The number of benzene rings is 2. The van der Waals surface area contributed by atoms with Crippen LogP contribution in [0.5, 0.6) is 0 Å². The Morgan fingerprint density at radius 3 is 2.43 bits per heavy atom. The quantitative estimate of drug-likeness (QED) is 0.284. The average Bonchev–Trinajstić information content (AvgIpc) is 3.62. The number of rotatable bonds is 8. The summed E-state index contributed by atoms with van der Waals surface area (Å²) in [6, 6.07) is 10.8. The summed E-state index contributed by atoms with van der Waals surface area (Å²) >= 11 is 12.5. The fourth-order valence-corrected chi connectivity index (χ4v) is 6.45. The molecule has 222 valence electrons. The molecule has 1 saturated carbocycles. The van der Waals surface area contributed by atoms with Crippen molar-refractivity contribution in [2.75, 3.05) is 10.6 Å². The van der Waals surface area contributed by atoms with Crippen molar-refractivity contribution in [3.05, 3.63) is 70.0 Å². The van der Waals surface area contributed by atoms with Gasteiger partial charge in [-0.2, -0.15) is 0 Å². The lowest BCUT2D eigenvalue weighted by atomic mass is 9.90. The number of nitrogen functional groups attached to an aromatic ring is 1. The Kier molecular flexibility index (Phi) is 8.00. The molecular weight excluding hydrogens is 583 g/mol. The first-order valence-corrected chi connectivity index (χ1v) is 14.4. The summed E-state index contributed by atoms with van der Waals surface area (Å²) in [6.45, 7) is 3.31. The predicted octanol–water partition coefficient (Wildman–Crippen LogP) is 2.83. The van der Waals surface area contributed by atoms with E-state index in [-0.39, 0.29) is 24.1 Å². The Labute approximate surface area is 253 Å². The molecular formula is C29H32Cl2N6O5. The molecule has 2 fully saturated rings. The maximum Gasteiger partial charge on any atom is 0.306 e. The number of carboxylic acid groups (broad SMARTS) is 1. The summed E-state index contributed by atoms with van der Waals surface area (Å²) in [5, 5.41) is 18.7. The van der Waals surface area contributed by atoms with E-state index >= 15 is 0 Å². The van der Waals surface area contributed by atoms with Crippen LogP contribution >= 0.6 is 23.2 Å². The van der Waals surface area contributed by atoms with Gasteiger partial charge in [-0.3, -0.25) is 24.1 Å². The molecule has 5 atom stereocenters. The van der Waals surface area contributed by atoms with Crippen LogP contribution < -0.4 is 26.6 Å². The van der Waals surface area contributed by atoms with E-state index in [0.717, 1.165) is 5.56 Å². The lowest BCUT2D eigenvalue weighted by molar-refractivity contribution is -0.141. The van der Waals surface area contributed by atoms with Crippen LogP contribution in [0.3, 0.4) is 0 Å². The first-order chi connectivity index (χ1) is 19.9. The molecule has 2 aliphatic heterocycles. The molecule has 2 aromatic carbocycles. The van der Waals surface area contributed by atoms with Gasteiger partial charge in [-0.1, -0.05) is 35.3 Å². The van der Waals surface area contributed by atoms with Crippen LogP contribution in [0.25, 0.3) is 0 Å². The molecule has 0 spiro atoms. The lowest BCUT2D eigenvalue weighted by Crippen LogP contribution is -2.53. The number of carbonyl (C=O) groups is 4. The molecule has 1 aliphatic carbocycles. The van der Waals surface area contributed by atoms with Gasteiger partial charge in [0.15, 0.2) is 6.29 Å². The van der Waals surface area contributed by atoms with Crippen LogP contribution in [0.15, 0.2) is 54.4 Å². The number of hydrogen-bond donors (Lipinski definition) is 5. The molecule has 0 radical (unpaired) electrons. The smallest absolute Gasteiger partial charge is 0.306 e. The number of nitrogens with one attached hydrogen (secondary N) is 3. The maximum atomic E-state index is 14.2. The zero-order valence-corrected chi connectivity index (χ0v) is 24.6. The SMILES string of the molecule is C[C@H](NC(=O)C1=CNC2N(c3cc(Cl)cc(Cl)c3)C(=O)[C@@](C)(Cc3ccc(N)cc3)N12)C(=O)N[C@@H]1CC[C@@H](C(=O)O)C1. The minimum Gasteiger partial charge on any atom is -0.481 e. The Bertz CT molecular complexity index is 1450. The van der Waals surface area contributed by atoms with Crippen molar-refractivity contribution >= 4 is 58.3 Å². The normalized spacial score (nSPS) is 25.5. The van der Waals surface area contributed by atoms with Gasteiger partial charge in [0.1, 0.15) is 17.3 Å². The van der Waals surface area contributed by atoms with Crippen molar-refractivity contribution in [1.29, 1.82) is 0 Å². The summed E-state index contributed by atoms with van der Waals surface area (Å²) < 4.78 is 0. The summed E-state index contributed by atoms with van der Waals surface area (Å²) in [5.74, 6) is -2.62. The Hall–Kier alpha value is -3.96. The molecule has 5 rings (SSSR count). The van der Waals surface area contributed by atoms with Crippen molar-refractivity contribution < 1.29 is 24.3 Å². The molecule has 3 amide bonds. The van der Waals surface area contributed by atoms with Crippen molar-refractivity contribution in [2.24, 2.45) is 5.92 Å². The maximum absolute atomic E-state index is 14.2. The van der Waals surface area contributed by atoms with Gasteiger partial charge >= 0.3 is 5.97 Å². The number of nitrogens with two attached hydrogens (primary N) is 1. The highest BCUT2D eigenvalue weighted by molar-refractivity contribution is 6.35. The summed E-state index contributed by atoms with van der Waals surface area (Å²) in [4.78, 5) is 55.2. The summed E-state index contributed by atoms with van der Waals surface area (Å²) in [7, 11) is 0. The zero-order chi connectivity index (χ0) is 30.3. The average molecular weight is 616 g/mol. The molecule has 11 nitrogen and oxygen atoms in total. The third kappa shape index (κ3) is 5.58. The van der Waals surface area contributed by atoms with E-state index in [4.69, 9.17) is 28.9 Å². The molecule has 13 heteroatoms. The predicted molar refractivity (Wildman–Crippen MR) is 158 cm³/mol. The molecule has 42 heavy (non-hydrogen) atoms. The number of carbonyl (C=O) groups excluding carboxylic acids is 3. The lowest BCUT2D eigenvalue weighted by Gasteiger charge is -2.34. The number of halogens is 2. The second-order valence-electron chi connectivity index (χ2n) is 11.2. The molecule has 2 aromatic rings. The first-order valence-electron chi connectivity index (χ1n) is 13.6. The third-order valence-electron chi connectivity index (χ3n) is 8.08. The fourth-order valence-electron chi connectivity index (χ4n) is 5.93. The van der Waals surface area contributed by atoms with E-state index in [2.05, 4.69) is 16.0 Å². The number of amides is 3. The van der Waals surface area contributed by atoms with Crippen LogP contribution in [0.4, 0.5) is 11.4 Å². The van der Waals surface area contributed by atoms with Crippen molar-refractivity contribution in [3.8, 4) is 0 Å². The van der Waals surface area contributed by atoms with Gasteiger partial charge in [-0.05, 0) is 69.0 Å². The highest BCUT2D eigenvalue weighted by atomic mass is 35.5. The Balaban J connectivity index is 1.38. The van der Waals surface area contributed by atoms with Gasteiger partial charge in [0.2, 0.25) is 5.91 Å². The van der Waals surface area contributed by atoms with Crippen LogP contribution in [0, 0.1) is 5.92 Å². The monoisotopic (exact) mass is 614 g/mol. The van der Waals surface area contributed by atoms with Crippen LogP contribution in [-0.2, 0) is 25.6 Å². The van der Waals surface area contributed by atoms with Gasteiger partial charge in [-0.25, -0.2) is 0 Å². The number of hydrogen-bond acceptors (Lipinski definition) is 7. The second kappa shape index (κ2) is 11.4. The first kappa shape index (κ1) is 29.5. The molecule has 6 N–H and O–H groups in total. The molecule has 2 heterocycles. The van der Waals surface area contributed by atoms with E-state index in [1.165, 1.54) is 11.1 Å². The van der Waals surface area contributed by atoms with Crippen LogP contribution in [-0.4, -0.2) is 57.6 Å². The van der Waals surface area contributed by atoms with Crippen molar-refractivity contribution in [2.45, 2.75) is 63.4 Å². The van der Waals surface area contributed by atoms with Gasteiger partial charge in [0, 0.05) is 34.4 Å². The van der Waals surface area contributed by atoms with Crippen LogP contribution in [0.1, 0.15) is 38.7 Å². The van der Waals surface area contributed by atoms with Crippen LogP contribution in [0.2, 0.25) is 10.0 Å². The fraction of sp³-hybridized carbons (Fsp3) is 0.379. The molecule has 0 aromatic heterocycles. The molecule has 0 bridgehead atoms. The minimum absolute atomic E-state index is 0.174. The highest BCUT2D eigenvalue weighted by Gasteiger charge is 2.58. The summed E-state index contributed by atoms with van der Waals surface area (Å²) in [5.41, 5.74) is 6.70. The molecule has 1 saturated heterocycles. The standard InChI is InChI=1S/C29H32Cl2N6O5/c1-15(24(38)35-21-8-5-17(9-21)26(40)41)34-25(39)23-14-33-28-36(22-11-18(30)10-19(31)12-22)27(42)29(2,37(23)28)13-16-3-6-20(32)7-4-16/h3-4,6-7,10-12,14-15,17,21,28,33H,5,8-9,13,32H2,1-2H3,(H,34,39)(H,35,38)(H,40,41)/t15-,17+,21+,28?,29+/m0/s1. The highest BCUT2D eigenvalue weighted by Crippen LogP contribution is 2.42. The number of fused-ring (bicyclic) bond motifs is 1. The van der Waals surface area contributed by atoms with E-state index < -0.39 is 41.6 Å². The van der Waals surface area contributed by atoms with Gasteiger partial charge < -0.3 is 31.7 Å². The summed E-state index contributed by atoms with van der Waals surface area (Å²) in [6.07, 6.45) is 2.41. The van der Waals surface area contributed by atoms with Gasteiger partial charge in [0.25, 0.3) is 11.8 Å². The third-order valence-corrected chi connectivity index (χ3v) is 8.52. The van der Waals surface area contributed by atoms with Gasteiger partial charge in [-0.15, -0.1) is 0 Å². The van der Waals surface area contributed by atoms with E-state index in [0.29, 0.717) is 40.7 Å². The Morgan fingerprint density at radius 2 is 1.81 bits per heavy atom. The second-order valence-corrected chi connectivity index (χ2v) is 12.1. The van der Waals surface area contributed by atoms with E-state index in [9.17, 15) is 24.3 Å². The Morgan fingerprint density at radius 1 is 1.14 bits per heavy atom. The molecule has 1 unspecified atom stereocenters. The minimum atomic E-state index is -1.22. The zero-order valence-electron chi connectivity index (χ0n) is 23.1. The largest absolute Gasteiger partial charge is 0.481 e.